The fourth-order valence-electron chi connectivity index (χ4n) is 2.93. The van der Waals surface area contributed by atoms with E-state index in [-0.39, 0.29) is 0 Å². The highest BCUT2D eigenvalue weighted by atomic mass is 28.3. The average Bonchev–Trinajstić information content (AvgIpc) is 2.48. The van der Waals surface area contributed by atoms with E-state index in [1.165, 1.54) is 64.2 Å². The first-order chi connectivity index (χ1) is 10.2. The number of benzene rings is 1. The molecule has 0 heterocycles. The van der Waals surface area contributed by atoms with Crippen LogP contribution in [0.25, 0.3) is 0 Å². The van der Waals surface area contributed by atoms with Gasteiger partial charge in [0.25, 0.3) is 0 Å². The Labute approximate surface area is 135 Å². The Kier molecular flexibility index (Phi) is 9.74. The Bertz CT molecular complexity index is 351. The fraction of sp³-hybridized carbons (Fsp3) is 0.700. The van der Waals surface area contributed by atoms with E-state index in [0.29, 0.717) is 0 Å². The van der Waals surface area contributed by atoms with E-state index in [4.69, 9.17) is 0 Å². The van der Waals surface area contributed by atoms with Gasteiger partial charge in [0.2, 0.25) is 0 Å². The molecule has 0 radical (unpaired) electrons. The summed E-state index contributed by atoms with van der Waals surface area (Å²) in [7, 11) is -0.679. The molecule has 120 valence electrons. The van der Waals surface area contributed by atoms with Crippen LogP contribution in [0.1, 0.15) is 76.3 Å². The molecular weight excluding hydrogens is 268 g/mol. The second-order valence-corrected chi connectivity index (χ2v) is 9.83. The minimum Gasteiger partial charge on any atom is -0.0682 e. The molecule has 0 saturated carbocycles. The lowest BCUT2D eigenvalue weighted by Crippen LogP contribution is -2.23. The smallest absolute Gasteiger partial charge is 0.0647 e. The van der Waals surface area contributed by atoms with Gasteiger partial charge in [-0.15, -0.1) is 0 Å². The van der Waals surface area contributed by atoms with Crippen molar-refractivity contribution in [3.05, 3.63) is 29.3 Å². The molecule has 0 saturated heterocycles. The SMILES string of the molecule is CCCCCCc1cc(CCCCCC)cc([SiH](C)C)c1. The van der Waals surface area contributed by atoms with Crippen LogP contribution in [0.3, 0.4) is 0 Å². The van der Waals surface area contributed by atoms with Gasteiger partial charge >= 0.3 is 0 Å². The Balaban J connectivity index is 2.61. The Hall–Kier alpha value is -0.563. The van der Waals surface area contributed by atoms with Crippen molar-refractivity contribution in [2.75, 3.05) is 0 Å². The third-order valence-electron chi connectivity index (χ3n) is 4.38. The predicted octanol–water partition coefficient (Wildman–Crippen LogP) is 5.63. The molecule has 21 heavy (non-hydrogen) atoms. The van der Waals surface area contributed by atoms with E-state index >= 15 is 0 Å². The highest BCUT2D eigenvalue weighted by Crippen LogP contribution is 2.13. The lowest BCUT2D eigenvalue weighted by atomic mass is 10.0. The van der Waals surface area contributed by atoms with Crippen LogP contribution in [0.15, 0.2) is 18.2 Å². The van der Waals surface area contributed by atoms with Gasteiger partial charge in [-0.05, 0) is 36.8 Å². The number of aryl methyl sites for hydroxylation is 2. The molecular formula is C20H36Si. The van der Waals surface area contributed by atoms with Crippen molar-refractivity contribution in [3.8, 4) is 0 Å². The molecule has 0 amide bonds. The van der Waals surface area contributed by atoms with Gasteiger partial charge in [-0.2, -0.15) is 0 Å². The van der Waals surface area contributed by atoms with Crippen molar-refractivity contribution < 1.29 is 0 Å². The molecule has 0 aliphatic rings. The Morgan fingerprint density at radius 1 is 0.667 bits per heavy atom. The quantitative estimate of drug-likeness (QED) is 0.367. The van der Waals surface area contributed by atoms with E-state index in [1.807, 2.05) is 0 Å². The van der Waals surface area contributed by atoms with Gasteiger partial charge in [0.05, 0.1) is 8.80 Å². The topological polar surface area (TPSA) is 0 Å². The zero-order chi connectivity index (χ0) is 15.5. The summed E-state index contributed by atoms with van der Waals surface area (Å²) in [5.41, 5.74) is 3.21. The van der Waals surface area contributed by atoms with Gasteiger partial charge in [-0.25, -0.2) is 0 Å². The van der Waals surface area contributed by atoms with Gasteiger partial charge in [-0.1, -0.05) is 88.9 Å². The van der Waals surface area contributed by atoms with Crippen molar-refractivity contribution in [1.29, 1.82) is 0 Å². The third kappa shape index (κ3) is 7.85. The van der Waals surface area contributed by atoms with Crippen molar-refractivity contribution in [2.45, 2.75) is 91.1 Å². The van der Waals surface area contributed by atoms with Crippen LogP contribution in [0, 0.1) is 0 Å². The van der Waals surface area contributed by atoms with E-state index in [2.05, 4.69) is 45.1 Å². The molecule has 0 aliphatic carbocycles. The molecule has 1 rings (SSSR count). The molecule has 0 N–H and O–H groups in total. The van der Waals surface area contributed by atoms with Gasteiger partial charge in [0, 0.05) is 0 Å². The lowest BCUT2D eigenvalue weighted by Gasteiger charge is -2.12. The first kappa shape index (κ1) is 18.5. The van der Waals surface area contributed by atoms with Crippen LogP contribution < -0.4 is 5.19 Å². The first-order valence-corrected chi connectivity index (χ1v) is 12.2. The molecule has 1 aromatic rings. The molecule has 0 unspecified atom stereocenters. The predicted molar refractivity (Wildman–Crippen MR) is 101 cm³/mol. The van der Waals surface area contributed by atoms with E-state index < -0.39 is 8.80 Å². The fourth-order valence-corrected chi connectivity index (χ4v) is 4.02. The Morgan fingerprint density at radius 2 is 1.14 bits per heavy atom. The molecule has 0 nitrogen and oxygen atoms in total. The summed E-state index contributed by atoms with van der Waals surface area (Å²) in [4.78, 5) is 0. The average molecular weight is 305 g/mol. The number of hydrogen-bond acceptors (Lipinski definition) is 0. The summed E-state index contributed by atoms with van der Waals surface area (Å²) in [6.45, 7) is 9.49. The molecule has 0 atom stereocenters. The van der Waals surface area contributed by atoms with Gasteiger partial charge in [0.1, 0.15) is 0 Å². The molecule has 1 aromatic carbocycles. The van der Waals surface area contributed by atoms with Gasteiger partial charge in [-0.3, -0.25) is 0 Å². The molecule has 0 aliphatic heterocycles. The van der Waals surface area contributed by atoms with E-state index in [1.54, 1.807) is 16.3 Å². The van der Waals surface area contributed by atoms with E-state index in [0.717, 1.165) is 0 Å². The van der Waals surface area contributed by atoms with Crippen LogP contribution >= 0.6 is 0 Å². The molecule has 1 heteroatoms. The van der Waals surface area contributed by atoms with Crippen LogP contribution in [0.4, 0.5) is 0 Å². The third-order valence-corrected chi connectivity index (χ3v) is 6.05. The first-order valence-electron chi connectivity index (χ1n) is 9.30. The van der Waals surface area contributed by atoms with Crippen molar-refractivity contribution in [1.82, 2.24) is 0 Å². The van der Waals surface area contributed by atoms with Crippen LogP contribution in [-0.4, -0.2) is 8.80 Å². The summed E-state index contributed by atoms with van der Waals surface area (Å²) in [6, 6.07) is 7.52. The summed E-state index contributed by atoms with van der Waals surface area (Å²) in [5.74, 6) is 0. The zero-order valence-corrected chi connectivity index (χ0v) is 16.0. The van der Waals surface area contributed by atoms with Crippen molar-refractivity contribution in [3.63, 3.8) is 0 Å². The van der Waals surface area contributed by atoms with Gasteiger partial charge < -0.3 is 0 Å². The maximum Gasteiger partial charge on any atom is 0.0647 e. The lowest BCUT2D eigenvalue weighted by molar-refractivity contribution is 0.661. The van der Waals surface area contributed by atoms with E-state index in [9.17, 15) is 0 Å². The minimum absolute atomic E-state index is 0.679. The monoisotopic (exact) mass is 304 g/mol. The summed E-state index contributed by atoms with van der Waals surface area (Å²) in [6.07, 6.45) is 13.6. The minimum atomic E-state index is -0.679. The van der Waals surface area contributed by atoms with Crippen LogP contribution in [0.5, 0.6) is 0 Å². The number of hydrogen-bond donors (Lipinski definition) is 0. The highest BCUT2D eigenvalue weighted by molar-refractivity contribution is 6.70. The summed E-state index contributed by atoms with van der Waals surface area (Å²) >= 11 is 0. The zero-order valence-electron chi connectivity index (χ0n) is 14.9. The number of rotatable bonds is 11. The largest absolute Gasteiger partial charge is 0.0682 e. The molecule has 0 bridgehead atoms. The Morgan fingerprint density at radius 3 is 1.52 bits per heavy atom. The second kappa shape index (κ2) is 11.1. The highest BCUT2D eigenvalue weighted by Gasteiger charge is 2.06. The van der Waals surface area contributed by atoms with Gasteiger partial charge in [0.15, 0.2) is 0 Å². The van der Waals surface area contributed by atoms with Crippen molar-refractivity contribution >= 4 is 14.0 Å². The van der Waals surface area contributed by atoms with Crippen LogP contribution in [-0.2, 0) is 12.8 Å². The molecule has 0 aromatic heterocycles. The van der Waals surface area contributed by atoms with Crippen LogP contribution in [0.2, 0.25) is 13.1 Å². The maximum absolute atomic E-state index is 2.51. The summed E-state index contributed by atoms with van der Waals surface area (Å²) < 4.78 is 0. The normalized spacial score (nSPS) is 11.3. The maximum atomic E-state index is 2.51. The molecule has 0 spiro atoms. The van der Waals surface area contributed by atoms with Crippen molar-refractivity contribution in [2.24, 2.45) is 0 Å². The molecule has 0 fully saturated rings. The summed E-state index contributed by atoms with van der Waals surface area (Å²) in [5, 5.41) is 1.67. The second-order valence-electron chi connectivity index (χ2n) is 6.86. The number of unbranched alkanes of at least 4 members (excludes halogenated alkanes) is 6. The standard InChI is InChI=1S/C20H36Si/c1-5-7-9-11-13-18-15-19(14-12-10-8-6-2)17-20(16-18)21(3)4/h15-17,21H,5-14H2,1-4H3.